The van der Waals surface area contributed by atoms with Gasteiger partial charge in [0.05, 0.1) is 12.6 Å². The van der Waals surface area contributed by atoms with E-state index < -0.39 is 0 Å². The third-order valence-corrected chi connectivity index (χ3v) is 4.58. The van der Waals surface area contributed by atoms with Crippen molar-refractivity contribution < 1.29 is 4.74 Å². The predicted octanol–water partition coefficient (Wildman–Crippen LogP) is 3.06. The number of para-hydroxylation sites is 1. The van der Waals surface area contributed by atoms with Gasteiger partial charge in [0.2, 0.25) is 5.95 Å². The van der Waals surface area contributed by atoms with Crippen LogP contribution in [-0.4, -0.2) is 16.7 Å². The number of hydrogen-bond donors (Lipinski definition) is 1. The molecule has 0 radical (unpaired) electrons. The fourth-order valence-electron chi connectivity index (χ4n) is 2.86. The van der Waals surface area contributed by atoms with E-state index in [1.165, 1.54) is 12.8 Å². The Kier molecular flexibility index (Phi) is 2.69. The van der Waals surface area contributed by atoms with Gasteiger partial charge in [0, 0.05) is 6.54 Å². The molecule has 0 amide bonds. The number of rotatable bonds is 4. The molecule has 2 N–H and O–H groups in total. The molecule has 1 saturated carbocycles. The summed E-state index contributed by atoms with van der Waals surface area (Å²) in [4.78, 5) is 4.47. The Labute approximate surface area is 113 Å². The van der Waals surface area contributed by atoms with Crippen molar-refractivity contribution in [3.05, 3.63) is 18.2 Å². The Morgan fingerprint density at radius 3 is 2.74 bits per heavy atom. The Morgan fingerprint density at radius 2 is 2.16 bits per heavy atom. The van der Waals surface area contributed by atoms with Gasteiger partial charge in [-0.05, 0) is 36.3 Å². The SMILES string of the molecule is COc1cccc2c1nc(N)n2CC1(C(C)C)CC1. The monoisotopic (exact) mass is 259 g/mol. The molecule has 4 heteroatoms. The standard InChI is InChI=1S/C15H21N3O/c1-10(2)15(7-8-15)9-18-11-5-4-6-12(19-3)13(11)17-14(18)16/h4-6,10H,7-9H2,1-3H3,(H2,16,17). The number of nitrogen functional groups attached to an aromatic ring is 1. The molecule has 1 aromatic carbocycles. The van der Waals surface area contributed by atoms with E-state index in [1.54, 1.807) is 7.11 Å². The lowest BCUT2D eigenvalue weighted by atomic mass is 9.92. The number of hydrogen-bond acceptors (Lipinski definition) is 3. The average molecular weight is 259 g/mol. The Hall–Kier alpha value is -1.71. The minimum absolute atomic E-state index is 0.408. The minimum atomic E-state index is 0.408. The fourth-order valence-corrected chi connectivity index (χ4v) is 2.86. The van der Waals surface area contributed by atoms with Gasteiger partial charge in [-0.15, -0.1) is 0 Å². The van der Waals surface area contributed by atoms with Crippen LogP contribution < -0.4 is 10.5 Å². The van der Waals surface area contributed by atoms with Crippen LogP contribution in [0.25, 0.3) is 11.0 Å². The van der Waals surface area contributed by atoms with Gasteiger partial charge in [-0.1, -0.05) is 19.9 Å². The van der Waals surface area contributed by atoms with Crippen molar-refractivity contribution in [2.24, 2.45) is 11.3 Å². The van der Waals surface area contributed by atoms with Crippen molar-refractivity contribution in [2.75, 3.05) is 12.8 Å². The van der Waals surface area contributed by atoms with Crippen molar-refractivity contribution in [2.45, 2.75) is 33.2 Å². The number of fused-ring (bicyclic) bond motifs is 1. The second kappa shape index (κ2) is 4.15. The van der Waals surface area contributed by atoms with Gasteiger partial charge in [-0.25, -0.2) is 4.98 Å². The number of imidazole rings is 1. The van der Waals surface area contributed by atoms with Gasteiger partial charge in [0.1, 0.15) is 11.3 Å². The van der Waals surface area contributed by atoms with Crippen LogP contribution in [-0.2, 0) is 6.54 Å². The summed E-state index contributed by atoms with van der Waals surface area (Å²) in [5, 5.41) is 0. The molecule has 0 atom stereocenters. The van der Waals surface area contributed by atoms with E-state index in [0.717, 1.165) is 23.3 Å². The van der Waals surface area contributed by atoms with Gasteiger partial charge in [0.15, 0.2) is 0 Å². The topological polar surface area (TPSA) is 53.1 Å². The molecular weight excluding hydrogens is 238 g/mol. The lowest BCUT2D eigenvalue weighted by Gasteiger charge is -2.21. The zero-order valence-electron chi connectivity index (χ0n) is 11.8. The summed E-state index contributed by atoms with van der Waals surface area (Å²) in [7, 11) is 1.67. The lowest BCUT2D eigenvalue weighted by molar-refractivity contribution is 0.314. The van der Waals surface area contributed by atoms with Gasteiger partial charge in [-0.2, -0.15) is 0 Å². The summed E-state index contributed by atoms with van der Waals surface area (Å²) in [5.41, 5.74) is 8.45. The number of aromatic nitrogens is 2. The Bertz CT molecular complexity index is 611. The smallest absolute Gasteiger partial charge is 0.201 e. The number of ether oxygens (including phenoxy) is 1. The van der Waals surface area contributed by atoms with E-state index in [9.17, 15) is 0 Å². The number of anilines is 1. The molecule has 1 aliphatic rings. The van der Waals surface area contributed by atoms with Crippen LogP contribution in [0.5, 0.6) is 5.75 Å². The maximum atomic E-state index is 6.11. The van der Waals surface area contributed by atoms with Crippen LogP contribution >= 0.6 is 0 Å². The van der Waals surface area contributed by atoms with Crippen LogP contribution in [0.15, 0.2) is 18.2 Å². The fraction of sp³-hybridized carbons (Fsp3) is 0.533. The molecule has 1 fully saturated rings. The highest BCUT2D eigenvalue weighted by Crippen LogP contribution is 2.53. The molecule has 1 aliphatic carbocycles. The largest absolute Gasteiger partial charge is 0.494 e. The molecule has 1 heterocycles. The molecule has 2 aromatic rings. The average Bonchev–Trinajstić information content (AvgIpc) is 3.11. The normalized spacial score (nSPS) is 17.1. The Morgan fingerprint density at radius 1 is 1.42 bits per heavy atom. The molecule has 0 spiro atoms. The number of nitrogens with zero attached hydrogens (tertiary/aromatic N) is 2. The second-order valence-electron chi connectivity index (χ2n) is 5.90. The van der Waals surface area contributed by atoms with Crippen molar-refractivity contribution in [1.29, 1.82) is 0 Å². The molecule has 0 bridgehead atoms. The first-order valence-corrected chi connectivity index (χ1v) is 6.86. The maximum absolute atomic E-state index is 6.11. The third kappa shape index (κ3) is 1.86. The summed E-state index contributed by atoms with van der Waals surface area (Å²) < 4.78 is 7.50. The second-order valence-corrected chi connectivity index (χ2v) is 5.90. The molecule has 0 aliphatic heterocycles. The molecule has 0 saturated heterocycles. The summed E-state index contributed by atoms with van der Waals surface area (Å²) in [6.07, 6.45) is 2.57. The van der Waals surface area contributed by atoms with Gasteiger partial charge in [0.25, 0.3) is 0 Å². The first kappa shape index (κ1) is 12.3. The summed E-state index contributed by atoms with van der Waals surface area (Å²) in [5.74, 6) is 2.05. The quantitative estimate of drug-likeness (QED) is 0.918. The van der Waals surface area contributed by atoms with Crippen molar-refractivity contribution >= 4 is 17.0 Å². The van der Waals surface area contributed by atoms with E-state index in [-0.39, 0.29) is 0 Å². The van der Waals surface area contributed by atoms with Crippen LogP contribution in [0, 0.1) is 11.3 Å². The van der Waals surface area contributed by atoms with E-state index >= 15 is 0 Å². The number of methoxy groups -OCH3 is 1. The number of benzene rings is 1. The van der Waals surface area contributed by atoms with E-state index in [4.69, 9.17) is 10.5 Å². The molecule has 19 heavy (non-hydrogen) atoms. The zero-order valence-corrected chi connectivity index (χ0v) is 11.8. The van der Waals surface area contributed by atoms with Crippen molar-refractivity contribution in [3.8, 4) is 5.75 Å². The number of nitrogens with two attached hydrogens (primary N) is 1. The van der Waals surface area contributed by atoms with Gasteiger partial charge in [-0.3, -0.25) is 0 Å². The summed E-state index contributed by atoms with van der Waals surface area (Å²) in [6, 6.07) is 5.99. The van der Waals surface area contributed by atoms with Crippen LogP contribution in [0.1, 0.15) is 26.7 Å². The highest BCUT2D eigenvalue weighted by Gasteiger charge is 2.46. The van der Waals surface area contributed by atoms with E-state index in [0.29, 0.717) is 17.3 Å². The van der Waals surface area contributed by atoms with Gasteiger partial charge < -0.3 is 15.0 Å². The first-order chi connectivity index (χ1) is 9.07. The molecular formula is C15H21N3O. The highest BCUT2D eigenvalue weighted by molar-refractivity contribution is 5.84. The van der Waals surface area contributed by atoms with Crippen molar-refractivity contribution in [1.82, 2.24) is 9.55 Å². The van der Waals surface area contributed by atoms with Crippen molar-refractivity contribution in [3.63, 3.8) is 0 Å². The van der Waals surface area contributed by atoms with E-state index in [1.807, 2.05) is 12.1 Å². The summed E-state index contributed by atoms with van der Waals surface area (Å²) >= 11 is 0. The molecule has 1 aromatic heterocycles. The summed E-state index contributed by atoms with van der Waals surface area (Å²) in [6.45, 7) is 5.55. The van der Waals surface area contributed by atoms with Crippen LogP contribution in [0.3, 0.4) is 0 Å². The molecule has 3 rings (SSSR count). The third-order valence-electron chi connectivity index (χ3n) is 4.58. The zero-order chi connectivity index (χ0) is 13.6. The maximum Gasteiger partial charge on any atom is 0.201 e. The highest BCUT2D eigenvalue weighted by atomic mass is 16.5. The van der Waals surface area contributed by atoms with Crippen LogP contribution in [0.4, 0.5) is 5.95 Å². The first-order valence-electron chi connectivity index (χ1n) is 6.86. The minimum Gasteiger partial charge on any atom is -0.494 e. The molecule has 0 unspecified atom stereocenters. The van der Waals surface area contributed by atoms with Crippen LogP contribution in [0.2, 0.25) is 0 Å². The van der Waals surface area contributed by atoms with Gasteiger partial charge >= 0.3 is 0 Å². The van der Waals surface area contributed by atoms with E-state index in [2.05, 4.69) is 29.5 Å². The molecule has 4 nitrogen and oxygen atoms in total. The molecule has 102 valence electrons. The predicted molar refractivity (Wildman–Crippen MR) is 77.2 cm³/mol. The Balaban J connectivity index is 2.07. The lowest BCUT2D eigenvalue weighted by Crippen LogP contribution is -2.18.